The normalized spacial score (nSPS) is 11.7. The van der Waals surface area contributed by atoms with E-state index in [1.54, 1.807) is 30.5 Å². The van der Waals surface area contributed by atoms with Crippen LogP contribution in [-0.4, -0.2) is 9.97 Å². The Hall–Kier alpha value is -3.60. The fraction of sp³-hybridized carbons (Fsp3) is 0.167. The van der Waals surface area contributed by atoms with Crippen LogP contribution in [0.1, 0.15) is 26.3 Å². The first kappa shape index (κ1) is 18.7. The van der Waals surface area contributed by atoms with Gasteiger partial charge in [-0.3, -0.25) is 9.59 Å². The molecule has 4 rings (SSSR count). The molecule has 29 heavy (non-hydrogen) atoms. The number of fused-ring (bicyclic) bond motifs is 1. The van der Waals surface area contributed by atoms with E-state index in [0.29, 0.717) is 27.9 Å². The zero-order chi connectivity index (χ0) is 20.8. The Morgan fingerprint density at radius 3 is 2.31 bits per heavy atom. The topological polar surface area (TPSA) is 91.7 Å². The van der Waals surface area contributed by atoms with Gasteiger partial charge in [0.15, 0.2) is 0 Å². The Kier molecular flexibility index (Phi) is 4.38. The molecule has 0 amide bonds. The van der Waals surface area contributed by atoms with Gasteiger partial charge < -0.3 is 15.7 Å². The largest absolute Gasteiger partial charge is 0.399 e. The first-order valence-corrected chi connectivity index (χ1v) is 9.49. The molecule has 0 saturated heterocycles. The van der Waals surface area contributed by atoms with Gasteiger partial charge in [0.05, 0.1) is 5.52 Å². The second-order valence-electron chi connectivity index (χ2n) is 8.29. The van der Waals surface area contributed by atoms with Crippen molar-refractivity contribution in [3.8, 4) is 22.3 Å². The fourth-order valence-electron chi connectivity index (χ4n) is 3.52. The lowest BCUT2D eigenvalue weighted by atomic mass is 9.84. The van der Waals surface area contributed by atoms with Crippen molar-refractivity contribution >= 4 is 16.6 Å². The first-order valence-electron chi connectivity index (χ1n) is 9.49. The maximum Gasteiger partial charge on any atom is 0.256 e. The van der Waals surface area contributed by atoms with Gasteiger partial charge in [0, 0.05) is 28.6 Å². The molecule has 5 nitrogen and oxygen atoms in total. The zero-order valence-electron chi connectivity index (χ0n) is 16.7. The summed E-state index contributed by atoms with van der Waals surface area (Å²) in [5, 5.41) is 0.868. The quantitative estimate of drug-likeness (QED) is 0.446. The van der Waals surface area contributed by atoms with Gasteiger partial charge in [-0.25, -0.2) is 0 Å². The maximum atomic E-state index is 12.9. The van der Waals surface area contributed by atoms with Crippen LogP contribution in [0.4, 0.5) is 5.69 Å². The van der Waals surface area contributed by atoms with Crippen molar-refractivity contribution in [3.05, 3.63) is 87.1 Å². The molecule has 0 spiro atoms. The molecule has 0 aliphatic carbocycles. The minimum Gasteiger partial charge on any atom is -0.399 e. The van der Waals surface area contributed by atoms with E-state index in [9.17, 15) is 9.59 Å². The third-order valence-corrected chi connectivity index (χ3v) is 5.12. The van der Waals surface area contributed by atoms with Gasteiger partial charge in [-0.05, 0) is 64.4 Å². The van der Waals surface area contributed by atoms with Crippen molar-refractivity contribution in [2.24, 2.45) is 0 Å². The van der Waals surface area contributed by atoms with Crippen molar-refractivity contribution in [3.63, 3.8) is 0 Å². The third-order valence-electron chi connectivity index (χ3n) is 5.12. The van der Waals surface area contributed by atoms with Crippen LogP contribution in [0.3, 0.4) is 0 Å². The van der Waals surface area contributed by atoms with Gasteiger partial charge in [-0.2, -0.15) is 0 Å². The maximum absolute atomic E-state index is 12.9. The van der Waals surface area contributed by atoms with E-state index >= 15 is 0 Å². The average molecular weight is 385 g/mol. The highest BCUT2D eigenvalue weighted by Gasteiger charge is 2.19. The molecular weight excluding hydrogens is 362 g/mol. The van der Waals surface area contributed by atoms with Crippen molar-refractivity contribution < 1.29 is 0 Å². The van der Waals surface area contributed by atoms with E-state index < -0.39 is 0 Å². The molecule has 2 aromatic carbocycles. The van der Waals surface area contributed by atoms with Gasteiger partial charge in [0.1, 0.15) is 0 Å². The number of nitrogens with one attached hydrogen (secondary N) is 2. The van der Waals surface area contributed by atoms with Crippen LogP contribution in [0.5, 0.6) is 0 Å². The van der Waals surface area contributed by atoms with Crippen molar-refractivity contribution in [1.82, 2.24) is 9.97 Å². The zero-order valence-corrected chi connectivity index (χ0v) is 16.7. The number of hydrogen-bond donors (Lipinski definition) is 3. The monoisotopic (exact) mass is 385 g/mol. The number of hydrogen-bond acceptors (Lipinski definition) is 3. The summed E-state index contributed by atoms with van der Waals surface area (Å²) < 4.78 is 0. The summed E-state index contributed by atoms with van der Waals surface area (Å²) in [4.78, 5) is 31.1. The van der Waals surface area contributed by atoms with Crippen LogP contribution in [0, 0.1) is 0 Å². The minimum atomic E-state index is -0.222. The molecule has 0 aliphatic heterocycles. The van der Waals surface area contributed by atoms with Crippen LogP contribution in [0.15, 0.2) is 70.4 Å². The van der Waals surface area contributed by atoms with Crippen LogP contribution in [0.2, 0.25) is 0 Å². The molecule has 0 aliphatic rings. The summed E-state index contributed by atoms with van der Waals surface area (Å²) in [6.07, 6.45) is 1.60. The van der Waals surface area contributed by atoms with Gasteiger partial charge in [-0.15, -0.1) is 0 Å². The molecule has 146 valence electrons. The number of pyridine rings is 2. The molecule has 4 N–H and O–H groups in total. The lowest BCUT2D eigenvalue weighted by Crippen LogP contribution is -2.15. The highest BCUT2D eigenvalue weighted by molar-refractivity contribution is 5.96. The molecule has 0 bridgehead atoms. The van der Waals surface area contributed by atoms with Crippen molar-refractivity contribution in [1.29, 1.82) is 0 Å². The van der Waals surface area contributed by atoms with E-state index in [2.05, 4.69) is 36.8 Å². The number of aromatic nitrogens is 2. The number of rotatable bonds is 2. The fourth-order valence-corrected chi connectivity index (χ4v) is 3.52. The summed E-state index contributed by atoms with van der Waals surface area (Å²) in [5.74, 6) is 0. The number of anilines is 1. The smallest absolute Gasteiger partial charge is 0.256 e. The Balaban J connectivity index is 2.08. The lowest BCUT2D eigenvalue weighted by Gasteiger charge is -2.21. The molecule has 0 unspecified atom stereocenters. The van der Waals surface area contributed by atoms with Crippen LogP contribution in [0.25, 0.3) is 33.2 Å². The third kappa shape index (κ3) is 3.47. The predicted octanol–water partition coefficient (Wildman–Crippen LogP) is 4.43. The van der Waals surface area contributed by atoms with Gasteiger partial charge in [0.25, 0.3) is 11.1 Å². The second kappa shape index (κ2) is 6.78. The standard InChI is InChI=1S/C24H23N3O2/c1-24(2,3)16-10-15-12-19(14-6-4-7-17(25)11-14)23(29)27-21(15)20(13-16)18-8-5-9-26-22(18)28/h4-13H,25H2,1-3H3,(H,26,28)(H,27,29). The Bertz CT molecular complexity index is 1340. The molecule has 2 aromatic heterocycles. The van der Waals surface area contributed by atoms with Crippen LogP contribution in [-0.2, 0) is 5.41 Å². The van der Waals surface area contributed by atoms with Crippen LogP contribution >= 0.6 is 0 Å². The van der Waals surface area contributed by atoms with Crippen LogP contribution < -0.4 is 16.9 Å². The molecule has 0 saturated carbocycles. The number of aromatic amines is 2. The molecular formula is C24H23N3O2. The summed E-state index contributed by atoms with van der Waals surface area (Å²) in [6.45, 7) is 6.37. The molecule has 5 heteroatoms. The van der Waals surface area contributed by atoms with Gasteiger partial charge in [-0.1, -0.05) is 32.9 Å². The SMILES string of the molecule is CC(C)(C)c1cc(-c2ccc[nH]c2=O)c2[nH]c(=O)c(-c3cccc(N)c3)cc2c1. The second-order valence-corrected chi connectivity index (χ2v) is 8.29. The molecule has 0 radical (unpaired) electrons. The Labute approximate surface area is 168 Å². The van der Waals surface area contributed by atoms with Gasteiger partial charge in [0.2, 0.25) is 0 Å². The van der Waals surface area contributed by atoms with Crippen molar-refractivity contribution in [2.45, 2.75) is 26.2 Å². The summed E-state index contributed by atoms with van der Waals surface area (Å²) in [7, 11) is 0. The Morgan fingerprint density at radius 2 is 1.62 bits per heavy atom. The van der Waals surface area contributed by atoms with E-state index in [-0.39, 0.29) is 16.5 Å². The Morgan fingerprint density at radius 1 is 0.828 bits per heavy atom. The predicted molar refractivity (Wildman–Crippen MR) is 119 cm³/mol. The number of nitrogens with two attached hydrogens (primary N) is 1. The summed E-state index contributed by atoms with van der Waals surface area (Å²) in [6, 6.07) is 16.8. The van der Waals surface area contributed by atoms with E-state index in [1.807, 2.05) is 24.3 Å². The lowest BCUT2D eigenvalue weighted by molar-refractivity contribution is 0.591. The van der Waals surface area contributed by atoms with Crippen molar-refractivity contribution in [2.75, 3.05) is 5.73 Å². The molecule has 4 aromatic rings. The molecule has 2 heterocycles. The average Bonchev–Trinajstić information content (AvgIpc) is 2.66. The minimum absolute atomic E-state index is 0.127. The number of benzene rings is 2. The summed E-state index contributed by atoms with van der Waals surface area (Å²) >= 11 is 0. The molecule has 0 fully saturated rings. The molecule has 0 atom stereocenters. The summed E-state index contributed by atoms with van der Waals surface area (Å²) in [5.41, 5.74) is 10.2. The van der Waals surface area contributed by atoms with E-state index in [0.717, 1.165) is 16.5 Å². The number of nitrogen functional groups attached to an aromatic ring is 1. The highest BCUT2D eigenvalue weighted by atomic mass is 16.1. The number of H-pyrrole nitrogens is 2. The van der Waals surface area contributed by atoms with E-state index in [4.69, 9.17) is 5.73 Å². The highest BCUT2D eigenvalue weighted by Crippen LogP contribution is 2.33. The first-order chi connectivity index (χ1) is 13.7. The van der Waals surface area contributed by atoms with E-state index in [1.165, 1.54) is 0 Å². The van der Waals surface area contributed by atoms with Gasteiger partial charge >= 0.3 is 0 Å².